The van der Waals surface area contributed by atoms with Crippen LogP contribution in [0.3, 0.4) is 0 Å². The summed E-state index contributed by atoms with van der Waals surface area (Å²) in [7, 11) is 0. The number of hydrogen-bond acceptors (Lipinski definition) is 4. The molecule has 2 rings (SSSR count). The number of carbonyl (C=O) groups is 2. The normalized spacial score (nSPS) is 11.1. The number of carboxylic acids is 2. The van der Waals surface area contributed by atoms with Crippen molar-refractivity contribution in [2.75, 3.05) is 0 Å². The largest absolute Gasteiger partial charge is 0.478 e. The van der Waals surface area contributed by atoms with Crippen LogP contribution in [0.5, 0.6) is 0 Å². The fourth-order valence-electron chi connectivity index (χ4n) is 1.78. The van der Waals surface area contributed by atoms with Crippen molar-refractivity contribution in [1.82, 2.24) is 0 Å². The van der Waals surface area contributed by atoms with Gasteiger partial charge < -0.3 is 20.4 Å². The van der Waals surface area contributed by atoms with E-state index in [9.17, 15) is 9.59 Å². The number of alkyl halides is 1. The lowest BCUT2D eigenvalue weighted by molar-refractivity contribution is -0.0985. The van der Waals surface area contributed by atoms with Crippen molar-refractivity contribution in [1.29, 1.82) is 0 Å². The number of aromatic carboxylic acids is 2. The van der Waals surface area contributed by atoms with Crippen LogP contribution in [-0.2, 0) is 0 Å². The van der Waals surface area contributed by atoms with Gasteiger partial charge in [-0.1, -0.05) is 56.7 Å². The van der Waals surface area contributed by atoms with Crippen molar-refractivity contribution >= 4 is 34.5 Å². The standard InChI is InChI=1S/2C7H6O2.C6H13IO2/c2*8-7(9)6-4-2-1-3-5-6;1-3-4-5(2)6(7,8)9/h2*1-5H,(H,8,9);5,8-9H,3-4H2,1-2H3. The van der Waals surface area contributed by atoms with Crippen molar-refractivity contribution in [3.63, 3.8) is 0 Å². The highest BCUT2D eigenvalue weighted by Crippen LogP contribution is 2.25. The van der Waals surface area contributed by atoms with Crippen molar-refractivity contribution < 1.29 is 30.0 Å². The summed E-state index contributed by atoms with van der Waals surface area (Å²) in [6.07, 6.45) is 1.85. The lowest BCUT2D eigenvalue weighted by atomic mass is 10.1. The van der Waals surface area contributed by atoms with E-state index in [1.165, 1.54) is 0 Å². The molecule has 0 aromatic heterocycles. The van der Waals surface area contributed by atoms with E-state index in [-0.39, 0.29) is 5.92 Å². The first-order valence-corrected chi connectivity index (χ1v) is 9.37. The van der Waals surface area contributed by atoms with Gasteiger partial charge in [0.1, 0.15) is 0 Å². The first-order chi connectivity index (χ1) is 12.6. The van der Waals surface area contributed by atoms with E-state index < -0.39 is 15.7 Å². The van der Waals surface area contributed by atoms with E-state index in [0.29, 0.717) is 11.1 Å². The van der Waals surface area contributed by atoms with Crippen molar-refractivity contribution in [2.24, 2.45) is 5.92 Å². The van der Waals surface area contributed by atoms with E-state index in [0.717, 1.165) is 12.8 Å². The van der Waals surface area contributed by atoms with Crippen LogP contribution in [0.15, 0.2) is 60.7 Å². The van der Waals surface area contributed by atoms with Gasteiger partial charge in [-0.3, -0.25) is 0 Å². The average Bonchev–Trinajstić information content (AvgIpc) is 2.63. The fraction of sp³-hybridized carbons (Fsp3) is 0.300. The Balaban J connectivity index is 0.000000376. The molecule has 1 unspecified atom stereocenters. The van der Waals surface area contributed by atoms with Crippen LogP contribution in [0.2, 0.25) is 0 Å². The van der Waals surface area contributed by atoms with Gasteiger partial charge in [0.2, 0.25) is 3.79 Å². The van der Waals surface area contributed by atoms with Gasteiger partial charge >= 0.3 is 11.9 Å². The molecule has 0 bridgehead atoms. The molecule has 0 heterocycles. The molecule has 148 valence electrons. The maximum atomic E-state index is 10.2. The lowest BCUT2D eigenvalue weighted by Gasteiger charge is -2.21. The Morgan fingerprint density at radius 1 is 0.889 bits per heavy atom. The second-order valence-electron chi connectivity index (χ2n) is 5.67. The highest BCUT2D eigenvalue weighted by Gasteiger charge is 2.25. The minimum atomic E-state index is -1.52. The Kier molecular flexibility index (Phi) is 12.3. The molecule has 0 amide bonds. The van der Waals surface area contributed by atoms with Gasteiger partial charge in [0.25, 0.3) is 0 Å². The van der Waals surface area contributed by atoms with Gasteiger partial charge in [-0.2, -0.15) is 0 Å². The van der Waals surface area contributed by atoms with Crippen LogP contribution in [-0.4, -0.2) is 36.2 Å². The van der Waals surface area contributed by atoms with Gasteiger partial charge in [0, 0.05) is 5.92 Å². The van der Waals surface area contributed by atoms with Crippen LogP contribution in [0.4, 0.5) is 0 Å². The molecule has 7 heteroatoms. The summed E-state index contributed by atoms with van der Waals surface area (Å²) >= 11 is 1.64. The van der Waals surface area contributed by atoms with Gasteiger partial charge in [-0.05, 0) is 53.3 Å². The molecule has 0 radical (unpaired) electrons. The average molecular weight is 488 g/mol. The van der Waals surface area contributed by atoms with Crippen molar-refractivity contribution in [2.45, 2.75) is 30.5 Å². The summed E-state index contributed by atoms with van der Waals surface area (Å²) < 4.78 is -1.52. The summed E-state index contributed by atoms with van der Waals surface area (Å²) in [6.45, 7) is 3.86. The number of hydrogen-bond donors (Lipinski definition) is 4. The predicted molar refractivity (Wildman–Crippen MR) is 112 cm³/mol. The predicted octanol–water partition coefficient (Wildman–Crippen LogP) is 4.27. The van der Waals surface area contributed by atoms with Crippen LogP contribution in [0, 0.1) is 5.92 Å². The minimum Gasteiger partial charge on any atom is -0.478 e. The third-order valence-electron chi connectivity index (χ3n) is 3.39. The van der Waals surface area contributed by atoms with E-state index in [2.05, 4.69) is 0 Å². The second-order valence-corrected chi connectivity index (χ2v) is 7.26. The Morgan fingerprint density at radius 2 is 1.22 bits per heavy atom. The van der Waals surface area contributed by atoms with Gasteiger partial charge in [0.05, 0.1) is 11.1 Å². The maximum absolute atomic E-state index is 10.2. The summed E-state index contributed by atoms with van der Waals surface area (Å²) in [5.41, 5.74) is 0.662. The molecule has 0 saturated carbocycles. The van der Waals surface area contributed by atoms with Gasteiger partial charge in [-0.25, -0.2) is 9.59 Å². The first-order valence-electron chi connectivity index (χ1n) is 8.29. The molecule has 0 aliphatic rings. The van der Waals surface area contributed by atoms with Crippen LogP contribution in [0.1, 0.15) is 47.4 Å². The van der Waals surface area contributed by atoms with Crippen LogP contribution in [0.25, 0.3) is 0 Å². The summed E-state index contributed by atoms with van der Waals surface area (Å²) in [5.74, 6) is -1.80. The quantitative estimate of drug-likeness (QED) is 0.284. The second kappa shape index (κ2) is 13.2. The fourth-order valence-corrected chi connectivity index (χ4v) is 2.09. The molecule has 0 aliphatic carbocycles. The summed E-state index contributed by atoms with van der Waals surface area (Å²) in [5, 5.41) is 34.7. The number of aliphatic hydroxyl groups is 2. The molecular weight excluding hydrogens is 463 g/mol. The number of halogens is 1. The molecule has 6 nitrogen and oxygen atoms in total. The van der Waals surface area contributed by atoms with Crippen molar-refractivity contribution in [3.8, 4) is 0 Å². The summed E-state index contributed by atoms with van der Waals surface area (Å²) in [6, 6.07) is 16.6. The zero-order valence-electron chi connectivity index (χ0n) is 15.2. The Labute approximate surface area is 172 Å². The zero-order valence-corrected chi connectivity index (χ0v) is 17.4. The molecule has 2 aromatic rings. The van der Waals surface area contributed by atoms with Crippen molar-refractivity contribution in [3.05, 3.63) is 71.8 Å². The monoisotopic (exact) mass is 488 g/mol. The zero-order chi connectivity index (χ0) is 20.9. The summed E-state index contributed by atoms with van der Waals surface area (Å²) in [4.78, 5) is 20.4. The number of rotatable bonds is 5. The Hall–Kier alpha value is -1.97. The molecule has 0 saturated heterocycles. The highest BCUT2D eigenvalue weighted by molar-refractivity contribution is 14.1. The molecule has 0 aliphatic heterocycles. The maximum Gasteiger partial charge on any atom is 0.335 e. The van der Waals surface area contributed by atoms with Gasteiger partial charge in [0.15, 0.2) is 0 Å². The topological polar surface area (TPSA) is 115 Å². The molecule has 4 N–H and O–H groups in total. The number of carboxylic acid groups (broad SMARTS) is 2. The Bertz CT molecular complexity index is 618. The SMILES string of the molecule is CCCC(C)C(O)(O)I.O=C(O)c1ccccc1.O=C(O)c1ccccc1. The molecular formula is C20H25IO6. The molecule has 27 heavy (non-hydrogen) atoms. The molecule has 1 atom stereocenters. The number of benzene rings is 2. The smallest absolute Gasteiger partial charge is 0.335 e. The first kappa shape index (κ1) is 25.0. The van der Waals surface area contributed by atoms with E-state index in [4.69, 9.17) is 20.4 Å². The molecule has 0 spiro atoms. The highest BCUT2D eigenvalue weighted by atomic mass is 127. The van der Waals surface area contributed by atoms with Gasteiger partial charge in [-0.15, -0.1) is 0 Å². The van der Waals surface area contributed by atoms with Crippen LogP contribution < -0.4 is 0 Å². The van der Waals surface area contributed by atoms with Crippen LogP contribution >= 0.6 is 22.6 Å². The third-order valence-corrected chi connectivity index (χ3v) is 4.45. The minimum absolute atomic E-state index is 0.0388. The third kappa shape index (κ3) is 12.1. The van der Waals surface area contributed by atoms with E-state index in [1.807, 2.05) is 13.8 Å². The van der Waals surface area contributed by atoms with E-state index >= 15 is 0 Å². The lowest BCUT2D eigenvalue weighted by Crippen LogP contribution is -2.27. The molecule has 0 fully saturated rings. The Morgan fingerprint density at radius 3 is 1.37 bits per heavy atom. The van der Waals surface area contributed by atoms with E-state index in [1.54, 1.807) is 83.3 Å². The molecule has 2 aromatic carbocycles.